The lowest BCUT2D eigenvalue weighted by atomic mass is 10.1. The molecule has 1 aliphatic rings. The number of rotatable bonds is 4. The zero-order valence-electron chi connectivity index (χ0n) is 10.6. The van der Waals surface area contributed by atoms with E-state index in [0.717, 1.165) is 47.6 Å². The summed E-state index contributed by atoms with van der Waals surface area (Å²) in [5.74, 6) is 1.63. The van der Waals surface area contributed by atoms with Crippen molar-refractivity contribution in [1.82, 2.24) is 4.90 Å². The van der Waals surface area contributed by atoms with E-state index < -0.39 is 0 Å². The van der Waals surface area contributed by atoms with E-state index in [4.69, 9.17) is 9.47 Å². The number of nitrogens with zero attached hydrogens (tertiary/aromatic N) is 1. The van der Waals surface area contributed by atoms with Gasteiger partial charge in [0.2, 0.25) is 0 Å². The maximum atomic E-state index is 9.54. The molecule has 0 amide bonds. The van der Waals surface area contributed by atoms with Gasteiger partial charge in [-0.2, -0.15) is 0 Å². The molecule has 0 radical (unpaired) electrons. The molecule has 0 aliphatic carbocycles. The number of benzene rings is 1. The molecule has 1 aliphatic heterocycles. The Morgan fingerprint density at radius 3 is 2.61 bits per heavy atom. The van der Waals surface area contributed by atoms with E-state index in [1.165, 1.54) is 0 Å². The number of methoxy groups -OCH3 is 2. The van der Waals surface area contributed by atoms with E-state index in [1.807, 2.05) is 12.1 Å². The third-order valence-corrected chi connectivity index (χ3v) is 3.82. The Labute approximate surface area is 116 Å². The summed E-state index contributed by atoms with van der Waals surface area (Å²) in [4.78, 5) is 2.22. The molecule has 0 saturated carbocycles. The molecule has 100 valence electrons. The lowest BCUT2D eigenvalue weighted by molar-refractivity contribution is 0.174. The molecular formula is C13H18BrNO3. The molecule has 0 bridgehead atoms. The van der Waals surface area contributed by atoms with Gasteiger partial charge in [-0.15, -0.1) is 0 Å². The molecule has 18 heavy (non-hydrogen) atoms. The van der Waals surface area contributed by atoms with Crippen LogP contribution in [0.1, 0.15) is 12.0 Å². The van der Waals surface area contributed by atoms with Crippen LogP contribution in [0.3, 0.4) is 0 Å². The van der Waals surface area contributed by atoms with Crippen LogP contribution in [0.25, 0.3) is 0 Å². The quantitative estimate of drug-likeness (QED) is 0.923. The number of aliphatic hydroxyl groups excluding tert-OH is 1. The molecule has 1 fully saturated rings. The fourth-order valence-corrected chi connectivity index (χ4v) is 2.73. The monoisotopic (exact) mass is 315 g/mol. The van der Waals surface area contributed by atoms with E-state index in [1.54, 1.807) is 14.2 Å². The van der Waals surface area contributed by atoms with Gasteiger partial charge in [-0.3, -0.25) is 4.90 Å². The maximum absolute atomic E-state index is 9.54. The van der Waals surface area contributed by atoms with Crippen LogP contribution in [0, 0.1) is 0 Å². The van der Waals surface area contributed by atoms with Gasteiger partial charge in [0.1, 0.15) is 11.5 Å². The van der Waals surface area contributed by atoms with Crippen LogP contribution in [0.5, 0.6) is 11.5 Å². The third-order valence-electron chi connectivity index (χ3n) is 3.20. The van der Waals surface area contributed by atoms with Crippen molar-refractivity contribution in [3.63, 3.8) is 0 Å². The average Bonchev–Trinajstić information content (AvgIpc) is 2.76. The SMILES string of the molecule is COc1cc(CN2CC[C@H](O)C2)c(OC)cc1Br. The predicted octanol–water partition coefficient (Wildman–Crippen LogP) is 2.03. The molecule has 0 aromatic heterocycles. The van der Waals surface area contributed by atoms with Crippen LogP contribution in [0.4, 0.5) is 0 Å². The number of ether oxygens (including phenoxy) is 2. The largest absolute Gasteiger partial charge is 0.496 e. The van der Waals surface area contributed by atoms with Gasteiger partial charge >= 0.3 is 0 Å². The normalized spacial score (nSPS) is 20.1. The Hall–Kier alpha value is -0.780. The molecule has 1 atom stereocenters. The average molecular weight is 316 g/mol. The number of likely N-dealkylation sites (tertiary alicyclic amines) is 1. The minimum absolute atomic E-state index is 0.201. The Bertz CT molecular complexity index is 425. The molecule has 1 aromatic rings. The first kappa shape index (κ1) is 13.6. The molecular weight excluding hydrogens is 298 g/mol. The van der Waals surface area contributed by atoms with Gasteiger partial charge in [0.25, 0.3) is 0 Å². The maximum Gasteiger partial charge on any atom is 0.133 e. The fourth-order valence-electron chi connectivity index (χ4n) is 2.24. The van der Waals surface area contributed by atoms with Crippen molar-refractivity contribution < 1.29 is 14.6 Å². The molecule has 1 N–H and O–H groups in total. The summed E-state index contributed by atoms with van der Waals surface area (Å²) in [6.45, 7) is 2.41. The van der Waals surface area contributed by atoms with Crippen molar-refractivity contribution in [1.29, 1.82) is 0 Å². The first-order valence-electron chi connectivity index (χ1n) is 5.95. The molecule has 2 rings (SSSR count). The van der Waals surface area contributed by atoms with Crippen LogP contribution in [-0.4, -0.2) is 43.4 Å². The number of halogens is 1. The van der Waals surface area contributed by atoms with Crippen LogP contribution >= 0.6 is 15.9 Å². The zero-order chi connectivity index (χ0) is 13.1. The first-order chi connectivity index (χ1) is 8.63. The lowest BCUT2D eigenvalue weighted by Crippen LogP contribution is -2.21. The minimum atomic E-state index is -0.201. The van der Waals surface area contributed by atoms with E-state index in [9.17, 15) is 5.11 Å². The molecule has 1 saturated heterocycles. The minimum Gasteiger partial charge on any atom is -0.496 e. The van der Waals surface area contributed by atoms with Gasteiger partial charge in [0.05, 0.1) is 24.8 Å². The van der Waals surface area contributed by atoms with Crippen molar-refractivity contribution in [2.24, 2.45) is 0 Å². The highest BCUT2D eigenvalue weighted by atomic mass is 79.9. The van der Waals surface area contributed by atoms with E-state index >= 15 is 0 Å². The van der Waals surface area contributed by atoms with Gasteiger partial charge in [-0.1, -0.05) is 0 Å². The zero-order valence-corrected chi connectivity index (χ0v) is 12.2. The second kappa shape index (κ2) is 5.91. The topological polar surface area (TPSA) is 41.9 Å². The third kappa shape index (κ3) is 2.96. The molecule has 4 nitrogen and oxygen atoms in total. The van der Waals surface area contributed by atoms with E-state index in [-0.39, 0.29) is 6.10 Å². The summed E-state index contributed by atoms with van der Waals surface area (Å²) in [6, 6.07) is 3.90. The standard InChI is InChI=1S/C13H18BrNO3/c1-17-12-6-11(14)13(18-2)5-9(12)7-15-4-3-10(16)8-15/h5-6,10,16H,3-4,7-8H2,1-2H3/t10-/m0/s1. The number of hydrogen-bond acceptors (Lipinski definition) is 4. The summed E-state index contributed by atoms with van der Waals surface area (Å²) in [6.07, 6.45) is 0.643. The summed E-state index contributed by atoms with van der Waals surface area (Å²) < 4.78 is 11.6. The summed E-state index contributed by atoms with van der Waals surface area (Å²) in [7, 11) is 3.31. The Morgan fingerprint density at radius 2 is 2.06 bits per heavy atom. The molecule has 0 unspecified atom stereocenters. The number of hydrogen-bond donors (Lipinski definition) is 1. The van der Waals surface area contributed by atoms with Crippen LogP contribution in [-0.2, 0) is 6.54 Å². The predicted molar refractivity (Wildman–Crippen MR) is 73.1 cm³/mol. The molecule has 5 heteroatoms. The van der Waals surface area contributed by atoms with E-state index in [0.29, 0.717) is 0 Å². The number of aliphatic hydroxyl groups is 1. The van der Waals surface area contributed by atoms with E-state index in [2.05, 4.69) is 20.8 Å². The molecule has 1 heterocycles. The highest BCUT2D eigenvalue weighted by Gasteiger charge is 2.21. The van der Waals surface area contributed by atoms with Crippen molar-refractivity contribution in [2.75, 3.05) is 27.3 Å². The van der Waals surface area contributed by atoms with Gasteiger partial charge in [0, 0.05) is 25.2 Å². The van der Waals surface area contributed by atoms with Gasteiger partial charge in [-0.05, 0) is 34.5 Å². The van der Waals surface area contributed by atoms with Crippen LogP contribution in [0.2, 0.25) is 0 Å². The lowest BCUT2D eigenvalue weighted by Gasteiger charge is -2.18. The number of β-amino-alcohol motifs (C(OH)–C–C–N with tert-alkyl or cyclic N) is 1. The Morgan fingerprint density at radius 1 is 1.33 bits per heavy atom. The second-order valence-electron chi connectivity index (χ2n) is 4.48. The Kier molecular flexibility index (Phi) is 4.48. The summed E-state index contributed by atoms with van der Waals surface area (Å²) in [5, 5.41) is 9.54. The molecule has 1 aromatic carbocycles. The van der Waals surface area contributed by atoms with Crippen molar-refractivity contribution >= 4 is 15.9 Å². The first-order valence-corrected chi connectivity index (χ1v) is 6.74. The summed E-state index contributed by atoms with van der Waals surface area (Å²) in [5.41, 5.74) is 1.08. The van der Waals surface area contributed by atoms with Gasteiger partial charge in [0.15, 0.2) is 0 Å². The van der Waals surface area contributed by atoms with Crippen LogP contribution in [0.15, 0.2) is 16.6 Å². The highest BCUT2D eigenvalue weighted by Crippen LogP contribution is 2.33. The second-order valence-corrected chi connectivity index (χ2v) is 5.33. The van der Waals surface area contributed by atoms with Crippen molar-refractivity contribution in [3.8, 4) is 11.5 Å². The van der Waals surface area contributed by atoms with Crippen molar-refractivity contribution in [3.05, 3.63) is 22.2 Å². The highest BCUT2D eigenvalue weighted by molar-refractivity contribution is 9.10. The van der Waals surface area contributed by atoms with Crippen molar-refractivity contribution in [2.45, 2.75) is 19.1 Å². The van der Waals surface area contributed by atoms with Crippen LogP contribution < -0.4 is 9.47 Å². The van der Waals surface area contributed by atoms with Gasteiger partial charge < -0.3 is 14.6 Å². The van der Waals surface area contributed by atoms with Gasteiger partial charge in [-0.25, -0.2) is 0 Å². The molecule has 0 spiro atoms. The smallest absolute Gasteiger partial charge is 0.133 e. The Balaban J connectivity index is 2.20. The summed E-state index contributed by atoms with van der Waals surface area (Å²) >= 11 is 3.45. The fraction of sp³-hybridized carbons (Fsp3) is 0.538.